The summed E-state index contributed by atoms with van der Waals surface area (Å²) in [4.78, 5) is 12.1. The molecule has 1 aliphatic heterocycles. The predicted molar refractivity (Wildman–Crippen MR) is 101 cm³/mol. The molecule has 0 spiro atoms. The number of hydrogen-bond donors (Lipinski definition) is 2. The summed E-state index contributed by atoms with van der Waals surface area (Å²) in [7, 11) is -1.64. The van der Waals surface area contributed by atoms with Crippen LogP contribution in [-0.2, 0) is 16.6 Å². The Bertz CT molecular complexity index is 882. The molecule has 3 rings (SSSR count). The lowest BCUT2D eigenvalue weighted by atomic mass is 10.2. The number of benzene rings is 2. The Morgan fingerprint density at radius 2 is 1.96 bits per heavy atom. The molecule has 1 aliphatic rings. The summed E-state index contributed by atoms with van der Waals surface area (Å²) in [6, 6.07) is 13.9. The van der Waals surface area contributed by atoms with Crippen molar-refractivity contribution in [1.82, 2.24) is 5.32 Å². The Balaban J connectivity index is 1.59. The molecule has 0 aliphatic carbocycles. The van der Waals surface area contributed by atoms with Crippen LogP contribution in [0.15, 0.2) is 48.5 Å². The van der Waals surface area contributed by atoms with Crippen LogP contribution >= 0.6 is 0 Å². The van der Waals surface area contributed by atoms with Gasteiger partial charge in [-0.25, -0.2) is 13.2 Å². The summed E-state index contributed by atoms with van der Waals surface area (Å²) in [5.41, 5.74) is 2.05. The lowest BCUT2D eigenvalue weighted by molar-refractivity contribution is 0.251. The van der Waals surface area contributed by atoms with Crippen LogP contribution in [0, 0.1) is 0 Å². The van der Waals surface area contributed by atoms with Gasteiger partial charge >= 0.3 is 6.03 Å². The molecule has 0 saturated carbocycles. The number of sulfonamides is 1. The fourth-order valence-electron chi connectivity index (χ4n) is 2.77. The van der Waals surface area contributed by atoms with Gasteiger partial charge in [0.25, 0.3) is 0 Å². The molecule has 0 radical (unpaired) electrons. The predicted octanol–water partition coefficient (Wildman–Crippen LogP) is 2.56. The van der Waals surface area contributed by atoms with E-state index in [1.165, 1.54) is 4.31 Å². The smallest absolute Gasteiger partial charge is 0.319 e. The average Bonchev–Trinajstić information content (AvgIpc) is 3.00. The third-order valence-corrected chi connectivity index (χ3v) is 5.97. The van der Waals surface area contributed by atoms with Crippen molar-refractivity contribution in [2.45, 2.75) is 13.0 Å². The maximum atomic E-state index is 12.1. The van der Waals surface area contributed by atoms with Crippen LogP contribution in [0.1, 0.15) is 12.0 Å². The molecule has 2 aromatic rings. The second-order valence-corrected chi connectivity index (χ2v) is 7.96. The third kappa shape index (κ3) is 4.26. The van der Waals surface area contributed by atoms with E-state index in [1.54, 1.807) is 31.4 Å². The van der Waals surface area contributed by atoms with Crippen LogP contribution in [0.25, 0.3) is 0 Å². The molecule has 0 bridgehead atoms. The van der Waals surface area contributed by atoms with Crippen molar-refractivity contribution in [3.05, 3.63) is 54.1 Å². The first kappa shape index (κ1) is 18.1. The quantitative estimate of drug-likeness (QED) is 0.841. The van der Waals surface area contributed by atoms with Gasteiger partial charge in [-0.1, -0.05) is 18.2 Å². The SMILES string of the molecule is COc1ccc(CNC(=O)Nc2cccc(N3CCCS3(=O)=O)c2)cc1. The van der Waals surface area contributed by atoms with Gasteiger partial charge in [-0.05, 0) is 42.3 Å². The zero-order valence-corrected chi connectivity index (χ0v) is 15.3. The van der Waals surface area contributed by atoms with E-state index in [9.17, 15) is 13.2 Å². The number of nitrogens with zero attached hydrogens (tertiary/aromatic N) is 1. The van der Waals surface area contributed by atoms with Gasteiger partial charge in [-0.15, -0.1) is 0 Å². The summed E-state index contributed by atoms with van der Waals surface area (Å²) in [6.45, 7) is 0.839. The standard InChI is InChI=1S/C18H21N3O4S/c1-25-17-8-6-14(7-9-17)13-19-18(22)20-15-4-2-5-16(12-15)21-10-3-11-26(21,23)24/h2,4-9,12H,3,10-11,13H2,1H3,(H2,19,20,22). The largest absolute Gasteiger partial charge is 0.497 e. The lowest BCUT2D eigenvalue weighted by Gasteiger charge is -2.18. The topological polar surface area (TPSA) is 87.7 Å². The van der Waals surface area contributed by atoms with Crippen molar-refractivity contribution in [3.8, 4) is 5.75 Å². The zero-order chi connectivity index (χ0) is 18.6. The number of rotatable bonds is 5. The van der Waals surface area contributed by atoms with Crippen molar-refractivity contribution in [2.75, 3.05) is 29.0 Å². The van der Waals surface area contributed by atoms with Crippen molar-refractivity contribution in [1.29, 1.82) is 0 Å². The van der Waals surface area contributed by atoms with Gasteiger partial charge < -0.3 is 15.4 Å². The molecule has 0 unspecified atom stereocenters. The number of methoxy groups -OCH3 is 1. The molecule has 138 valence electrons. The van der Waals surface area contributed by atoms with E-state index < -0.39 is 10.0 Å². The first-order valence-electron chi connectivity index (χ1n) is 8.26. The minimum atomic E-state index is -3.24. The highest BCUT2D eigenvalue weighted by Crippen LogP contribution is 2.26. The maximum absolute atomic E-state index is 12.1. The summed E-state index contributed by atoms with van der Waals surface area (Å²) >= 11 is 0. The lowest BCUT2D eigenvalue weighted by Crippen LogP contribution is -2.28. The van der Waals surface area contributed by atoms with E-state index in [4.69, 9.17) is 4.74 Å². The minimum absolute atomic E-state index is 0.160. The number of nitrogens with one attached hydrogen (secondary N) is 2. The second kappa shape index (κ2) is 7.65. The number of amides is 2. The van der Waals surface area contributed by atoms with E-state index in [-0.39, 0.29) is 11.8 Å². The number of carbonyl (C=O) groups is 1. The first-order valence-corrected chi connectivity index (χ1v) is 9.87. The van der Waals surface area contributed by atoms with Crippen molar-refractivity contribution in [3.63, 3.8) is 0 Å². The molecule has 26 heavy (non-hydrogen) atoms. The summed E-state index contributed by atoms with van der Waals surface area (Å²) in [5.74, 6) is 0.916. The molecule has 8 heteroatoms. The van der Waals surface area contributed by atoms with E-state index >= 15 is 0 Å². The van der Waals surface area contributed by atoms with E-state index in [2.05, 4.69) is 10.6 Å². The van der Waals surface area contributed by atoms with E-state index in [0.29, 0.717) is 30.9 Å². The first-order chi connectivity index (χ1) is 12.5. The number of hydrogen-bond acceptors (Lipinski definition) is 4. The van der Waals surface area contributed by atoms with Gasteiger partial charge in [-0.2, -0.15) is 0 Å². The molecule has 1 heterocycles. The van der Waals surface area contributed by atoms with Gasteiger partial charge in [0.05, 0.1) is 18.6 Å². The third-order valence-electron chi connectivity index (χ3n) is 4.10. The Morgan fingerprint density at radius 1 is 1.19 bits per heavy atom. The summed E-state index contributed by atoms with van der Waals surface area (Å²) in [5, 5.41) is 5.50. The molecular weight excluding hydrogens is 354 g/mol. The molecule has 1 fully saturated rings. The van der Waals surface area contributed by atoms with Crippen LogP contribution < -0.4 is 19.7 Å². The highest BCUT2D eigenvalue weighted by Gasteiger charge is 2.28. The average molecular weight is 375 g/mol. The monoisotopic (exact) mass is 375 g/mol. The van der Waals surface area contributed by atoms with Crippen LogP contribution in [0.5, 0.6) is 5.75 Å². The molecule has 1 saturated heterocycles. The van der Waals surface area contributed by atoms with E-state index in [1.807, 2.05) is 24.3 Å². The molecular formula is C18H21N3O4S. The highest BCUT2D eigenvalue weighted by atomic mass is 32.2. The fourth-order valence-corrected chi connectivity index (χ4v) is 4.33. The number of ether oxygens (including phenoxy) is 1. The van der Waals surface area contributed by atoms with Crippen LogP contribution in [-0.4, -0.2) is 33.9 Å². The van der Waals surface area contributed by atoms with Crippen molar-refractivity contribution < 1.29 is 17.9 Å². The Morgan fingerprint density at radius 3 is 2.62 bits per heavy atom. The second-order valence-electron chi connectivity index (χ2n) is 5.95. The Kier molecular flexibility index (Phi) is 5.32. The van der Waals surface area contributed by atoms with Crippen LogP contribution in [0.4, 0.5) is 16.2 Å². The minimum Gasteiger partial charge on any atom is -0.497 e. The molecule has 2 N–H and O–H groups in total. The molecule has 2 aromatic carbocycles. The summed E-state index contributed by atoms with van der Waals surface area (Å²) < 4.78 is 30.5. The van der Waals surface area contributed by atoms with Crippen molar-refractivity contribution >= 4 is 27.4 Å². The Labute approximate surface area is 153 Å². The van der Waals surface area contributed by atoms with Gasteiger partial charge in [0, 0.05) is 18.8 Å². The number of anilines is 2. The van der Waals surface area contributed by atoms with Crippen LogP contribution in [0.2, 0.25) is 0 Å². The number of urea groups is 1. The van der Waals surface area contributed by atoms with Gasteiger partial charge in [0.15, 0.2) is 0 Å². The summed E-state index contributed by atoms with van der Waals surface area (Å²) in [6.07, 6.45) is 0.613. The van der Waals surface area contributed by atoms with Gasteiger partial charge in [0.2, 0.25) is 10.0 Å². The normalized spacial score (nSPS) is 15.5. The molecule has 7 nitrogen and oxygen atoms in total. The molecule has 0 atom stereocenters. The van der Waals surface area contributed by atoms with Crippen LogP contribution in [0.3, 0.4) is 0 Å². The zero-order valence-electron chi connectivity index (χ0n) is 14.4. The molecule has 2 amide bonds. The fraction of sp³-hybridized carbons (Fsp3) is 0.278. The van der Waals surface area contributed by atoms with Gasteiger partial charge in [-0.3, -0.25) is 4.31 Å². The highest BCUT2D eigenvalue weighted by molar-refractivity contribution is 7.93. The van der Waals surface area contributed by atoms with Gasteiger partial charge in [0.1, 0.15) is 5.75 Å². The number of carbonyl (C=O) groups excluding carboxylic acids is 1. The van der Waals surface area contributed by atoms with Crippen molar-refractivity contribution in [2.24, 2.45) is 0 Å². The maximum Gasteiger partial charge on any atom is 0.319 e. The Hall–Kier alpha value is -2.74. The molecule has 0 aromatic heterocycles. The van der Waals surface area contributed by atoms with E-state index in [0.717, 1.165) is 11.3 Å².